The van der Waals surface area contributed by atoms with E-state index in [2.05, 4.69) is 5.10 Å². The van der Waals surface area contributed by atoms with Crippen LogP contribution in [0.3, 0.4) is 0 Å². The zero-order valence-corrected chi connectivity index (χ0v) is 15.8. The molecule has 1 aromatic heterocycles. The van der Waals surface area contributed by atoms with Crippen molar-refractivity contribution in [1.29, 1.82) is 0 Å². The van der Waals surface area contributed by atoms with Crippen LogP contribution in [0.15, 0.2) is 75.8 Å². The van der Waals surface area contributed by atoms with Crippen LogP contribution in [0.25, 0.3) is 17.4 Å². The Morgan fingerprint density at radius 3 is 2.55 bits per heavy atom. The molecule has 0 saturated carbocycles. The first-order chi connectivity index (χ1) is 13.9. The predicted molar refractivity (Wildman–Crippen MR) is 111 cm³/mol. The van der Waals surface area contributed by atoms with Gasteiger partial charge in [-0.2, -0.15) is 10.1 Å². The maximum atomic E-state index is 12.8. The van der Waals surface area contributed by atoms with E-state index in [0.29, 0.717) is 39.6 Å². The SMILES string of the molecule is CC1=NN(c2ccccc2)C(=O)C1=Cc1ccc(-c2ccc(C)c([N+](=O)[O-])c2)o1. The molecule has 7 nitrogen and oxygen atoms in total. The van der Waals surface area contributed by atoms with E-state index in [1.807, 2.05) is 30.3 Å². The van der Waals surface area contributed by atoms with Gasteiger partial charge in [0.1, 0.15) is 11.5 Å². The fourth-order valence-corrected chi connectivity index (χ4v) is 3.12. The molecule has 0 radical (unpaired) electrons. The van der Waals surface area contributed by atoms with Crippen LogP contribution < -0.4 is 5.01 Å². The van der Waals surface area contributed by atoms with E-state index < -0.39 is 4.92 Å². The van der Waals surface area contributed by atoms with Gasteiger partial charge < -0.3 is 4.42 Å². The van der Waals surface area contributed by atoms with Gasteiger partial charge in [0.05, 0.1) is 21.9 Å². The summed E-state index contributed by atoms with van der Waals surface area (Å²) in [5.41, 5.74) is 2.92. The van der Waals surface area contributed by atoms with Crippen molar-refractivity contribution in [3.05, 3.63) is 87.7 Å². The van der Waals surface area contributed by atoms with Crippen LogP contribution in [-0.4, -0.2) is 16.5 Å². The van der Waals surface area contributed by atoms with Gasteiger partial charge in [-0.15, -0.1) is 0 Å². The van der Waals surface area contributed by atoms with Gasteiger partial charge in [-0.05, 0) is 44.2 Å². The van der Waals surface area contributed by atoms with Gasteiger partial charge in [0, 0.05) is 17.2 Å². The molecule has 7 heteroatoms. The second-order valence-corrected chi connectivity index (χ2v) is 6.66. The van der Waals surface area contributed by atoms with E-state index in [9.17, 15) is 14.9 Å². The number of furan rings is 1. The van der Waals surface area contributed by atoms with Crippen molar-refractivity contribution in [2.75, 3.05) is 5.01 Å². The minimum absolute atomic E-state index is 0.0336. The molecular formula is C22H17N3O4. The fourth-order valence-electron chi connectivity index (χ4n) is 3.12. The number of carbonyl (C=O) groups is 1. The quantitative estimate of drug-likeness (QED) is 0.359. The van der Waals surface area contributed by atoms with Crippen LogP contribution in [0.2, 0.25) is 0 Å². The number of benzene rings is 2. The third kappa shape index (κ3) is 3.45. The topological polar surface area (TPSA) is 89.0 Å². The minimum Gasteiger partial charge on any atom is -0.457 e. The molecular weight excluding hydrogens is 370 g/mol. The van der Waals surface area contributed by atoms with Crippen molar-refractivity contribution >= 4 is 29.1 Å². The lowest BCUT2D eigenvalue weighted by Gasteiger charge is -2.10. The van der Waals surface area contributed by atoms with Gasteiger partial charge in [-0.3, -0.25) is 14.9 Å². The third-order valence-corrected chi connectivity index (χ3v) is 4.67. The molecule has 144 valence electrons. The summed E-state index contributed by atoms with van der Waals surface area (Å²) in [6.07, 6.45) is 1.64. The van der Waals surface area contributed by atoms with Crippen LogP contribution in [0.1, 0.15) is 18.2 Å². The molecule has 0 unspecified atom stereocenters. The summed E-state index contributed by atoms with van der Waals surface area (Å²) in [5, 5.41) is 16.9. The molecule has 0 aliphatic carbocycles. The number of hydrazone groups is 1. The maximum Gasteiger partial charge on any atom is 0.280 e. The Morgan fingerprint density at radius 2 is 1.83 bits per heavy atom. The Kier molecular flexibility index (Phi) is 4.56. The van der Waals surface area contributed by atoms with Gasteiger partial charge in [-0.1, -0.05) is 30.3 Å². The van der Waals surface area contributed by atoms with E-state index in [1.165, 1.54) is 11.1 Å². The number of para-hydroxylation sites is 1. The lowest BCUT2D eigenvalue weighted by molar-refractivity contribution is -0.385. The molecule has 0 atom stereocenters. The van der Waals surface area contributed by atoms with Crippen molar-refractivity contribution in [3.8, 4) is 11.3 Å². The summed E-state index contributed by atoms with van der Waals surface area (Å²) in [6.45, 7) is 3.45. The highest BCUT2D eigenvalue weighted by molar-refractivity contribution is 6.32. The van der Waals surface area contributed by atoms with Crippen molar-refractivity contribution in [3.63, 3.8) is 0 Å². The molecule has 1 amide bonds. The number of carbonyl (C=O) groups excluding carboxylic acids is 1. The van der Waals surface area contributed by atoms with Gasteiger partial charge in [0.2, 0.25) is 0 Å². The number of nitro benzene ring substituents is 1. The van der Waals surface area contributed by atoms with E-state index >= 15 is 0 Å². The first-order valence-corrected chi connectivity index (χ1v) is 8.96. The van der Waals surface area contributed by atoms with Crippen molar-refractivity contribution in [2.45, 2.75) is 13.8 Å². The number of anilines is 1. The summed E-state index contributed by atoms with van der Waals surface area (Å²) in [7, 11) is 0. The monoisotopic (exact) mass is 387 g/mol. The Labute approximate surface area is 166 Å². The average Bonchev–Trinajstić information content (AvgIpc) is 3.29. The first kappa shape index (κ1) is 18.4. The van der Waals surface area contributed by atoms with Crippen molar-refractivity contribution in [1.82, 2.24) is 0 Å². The zero-order chi connectivity index (χ0) is 20.5. The average molecular weight is 387 g/mol. The maximum absolute atomic E-state index is 12.8. The van der Waals surface area contributed by atoms with E-state index in [0.717, 1.165) is 0 Å². The lowest BCUT2D eigenvalue weighted by Crippen LogP contribution is -2.21. The molecule has 0 bridgehead atoms. The van der Waals surface area contributed by atoms with Crippen LogP contribution in [0.4, 0.5) is 11.4 Å². The summed E-state index contributed by atoms with van der Waals surface area (Å²) in [6, 6.07) is 17.6. The van der Waals surface area contributed by atoms with Crippen LogP contribution in [0, 0.1) is 17.0 Å². The zero-order valence-electron chi connectivity index (χ0n) is 15.8. The van der Waals surface area contributed by atoms with Crippen LogP contribution in [0.5, 0.6) is 0 Å². The number of rotatable bonds is 4. The van der Waals surface area contributed by atoms with Gasteiger partial charge in [0.15, 0.2) is 0 Å². The Hall–Kier alpha value is -4.00. The summed E-state index contributed by atoms with van der Waals surface area (Å²) >= 11 is 0. The highest BCUT2D eigenvalue weighted by Crippen LogP contribution is 2.30. The van der Waals surface area contributed by atoms with E-state index in [4.69, 9.17) is 4.42 Å². The van der Waals surface area contributed by atoms with Crippen molar-refractivity contribution in [2.24, 2.45) is 5.10 Å². The largest absolute Gasteiger partial charge is 0.457 e. The number of nitrogens with zero attached hydrogens (tertiary/aromatic N) is 3. The van der Waals surface area contributed by atoms with E-state index in [-0.39, 0.29) is 11.6 Å². The Balaban J connectivity index is 1.63. The molecule has 3 aromatic rings. The molecule has 4 rings (SSSR count). The fraction of sp³-hybridized carbons (Fsp3) is 0.0909. The van der Waals surface area contributed by atoms with E-state index in [1.54, 1.807) is 44.2 Å². The van der Waals surface area contributed by atoms with Crippen LogP contribution in [-0.2, 0) is 4.79 Å². The minimum atomic E-state index is -0.417. The number of amides is 1. The molecule has 1 aliphatic heterocycles. The summed E-state index contributed by atoms with van der Waals surface area (Å²) in [5.74, 6) is 0.716. The molecule has 0 saturated heterocycles. The van der Waals surface area contributed by atoms with Gasteiger partial charge in [-0.25, -0.2) is 0 Å². The molecule has 2 heterocycles. The third-order valence-electron chi connectivity index (χ3n) is 4.67. The van der Waals surface area contributed by atoms with Gasteiger partial charge in [0.25, 0.3) is 11.6 Å². The molecule has 0 N–H and O–H groups in total. The normalized spacial score (nSPS) is 15.1. The molecule has 29 heavy (non-hydrogen) atoms. The second kappa shape index (κ2) is 7.20. The lowest BCUT2D eigenvalue weighted by atomic mass is 10.1. The number of nitro groups is 1. The summed E-state index contributed by atoms with van der Waals surface area (Å²) < 4.78 is 5.82. The van der Waals surface area contributed by atoms with Crippen LogP contribution >= 0.6 is 0 Å². The van der Waals surface area contributed by atoms with Crippen molar-refractivity contribution < 1.29 is 14.1 Å². The smallest absolute Gasteiger partial charge is 0.280 e. The van der Waals surface area contributed by atoms with Gasteiger partial charge >= 0.3 is 0 Å². The number of hydrogen-bond donors (Lipinski definition) is 0. The highest BCUT2D eigenvalue weighted by atomic mass is 16.6. The molecule has 2 aromatic carbocycles. The molecule has 0 spiro atoms. The highest BCUT2D eigenvalue weighted by Gasteiger charge is 2.29. The second-order valence-electron chi connectivity index (χ2n) is 6.66. The number of hydrogen-bond acceptors (Lipinski definition) is 5. The molecule has 0 fully saturated rings. The standard InChI is InChI=1S/C22H17N3O4/c1-14-8-9-16(12-20(14)25(27)28)21-11-10-18(29-21)13-19-15(2)23-24(22(19)26)17-6-4-3-5-7-17/h3-13H,1-2H3. The first-order valence-electron chi connectivity index (χ1n) is 8.96. The Bertz CT molecular complexity index is 1180. The molecule has 1 aliphatic rings. The summed E-state index contributed by atoms with van der Waals surface area (Å²) in [4.78, 5) is 23.5. The Morgan fingerprint density at radius 1 is 1.07 bits per heavy atom. The number of aryl methyl sites for hydroxylation is 1. The predicted octanol–water partition coefficient (Wildman–Crippen LogP) is 4.97.